The Bertz CT molecular complexity index is 296. The van der Waals surface area contributed by atoms with E-state index in [0.717, 1.165) is 45.2 Å². The van der Waals surface area contributed by atoms with Crippen LogP contribution in [0.15, 0.2) is 0 Å². The zero-order chi connectivity index (χ0) is 13.0. The number of nitrogens with zero attached hydrogens (tertiary/aromatic N) is 1. The van der Waals surface area contributed by atoms with E-state index >= 15 is 0 Å². The van der Waals surface area contributed by atoms with Gasteiger partial charge in [0.25, 0.3) is 0 Å². The molecule has 0 spiro atoms. The molecule has 1 aliphatic heterocycles. The Labute approximate surface area is 135 Å². The van der Waals surface area contributed by atoms with Crippen LogP contribution in [0, 0.1) is 5.41 Å². The third kappa shape index (κ3) is 4.48. The van der Waals surface area contributed by atoms with Gasteiger partial charge in [-0.2, -0.15) is 0 Å². The van der Waals surface area contributed by atoms with Gasteiger partial charge in [0.15, 0.2) is 0 Å². The van der Waals surface area contributed by atoms with E-state index in [0.29, 0.717) is 12.6 Å². The molecule has 2 aliphatic rings. The number of piperidine rings is 1. The lowest BCUT2D eigenvalue weighted by molar-refractivity contribution is -0.131. The van der Waals surface area contributed by atoms with Gasteiger partial charge in [-0.25, -0.2) is 0 Å². The lowest BCUT2D eigenvalue weighted by atomic mass is 9.85. The maximum atomic E-state index is 12.5. The first kappa shape index (κ1) is 20.0. The molecule has 1 saturated heterocycles. The van der Waals surface area contributed by atoms with Gasteiger partial charge >= 0.3 is 0 Å². The summed E-state index contributed by atoms with van der Waals surface area (Å²) in [5, 5.41) is 3.26. The van der Waals surface area contributed by atoms with Crippen LogP contribution >= 0.6 is 24.8 Å². The highest BCUT2D eigenvalue weighted by molar-refractivity contribution is 5.85. The Morgan fingerprint density at radius 3 is 2.50 bits per heavy atom. The highest BCUT2D eigenvalue weighted by Gasteiger charge is 2.40. The predicted molar refractivity (Wildman–Crippen MR) is 87.7 cm³/mol. The Kier molecular flexibility index (Phi) is 9.07. The normalized spacial score (nSPS) is 25.4. The summed E-state index contributed by atoms with van der Waals surface area (Å²) in [6.45, 7) is 5.94. The molecule has 20 heavy (non-hydrogen) atoms. The summed E-state index contributed by atoms with van der Waals surface area (Å²) in [4.78, 5) is 14.9. The number of likely N-dealkylation sites (tertiary alicyclic amines) is 1. The number of likely N-dealkylation sites (N-methyl/N-ethyl adjacent to an activating group) is 1. The minimum atomic E-state index is -0.255. The standard InChI is InChI=1S/C14H27N3O.2ClH/c1-2-17-9-5-6-12(10-17)16-13(18)14(11-15)7-3-4-8-14;;/h12H,2-11,15H2,1H3,(H,16,18);2*1H. The van der Waals surface area contributed by atoms with Gasteiger partial charge in [0.1, 0.15) is 0 Å². The number of carbonyl (C=O) groups excluding carboxylic acids is 1. The average Bonchev–Trinajstić information content (AvgIpc) is 2.89. The summed E-state index contributed by atoms with van der Waals surface area (Å²) in [5.74, 6) is 0.213. The van der Waals surface area contributed by atoms with Gasteiger partial charge in [-0.15, -0.1) is 24.8 Å². The minimum Gasteiger partial charge on any atom is -0.352 e. The molecule has 0 aromatic heterocycles. The van der Waals surface area contributed by atoms with E-state index in [-0.39, 0.29) is 36.1 Å². The first-order valence-corrected chi connectivity index (χ1v) is 7.43. The minimum absolute atomic E-state index is 0. The lowest BCUT2D eigenvalue weighted by Crippen LogP contribution is -2.53. The molecule has 1 amide bonds. The summed E-state index contributed by atoms with van der Waals surface area (Å²) < 4.78 is 0. The van der Waals surface area contributed by atoms with E-state index < -0.39 is 0 Å². The quantitative estimate of drug-likeness (QED) is 0.830. The van der Waals surface area contributed by atoms with Crippen molar-refractivity contribution >= 4 is 30.7 Å². The second-order valence-electron chi connectivity index (χ2n) is 5.90. The second-order valence-corrected chi connectivity index (χ2v) is 5.90. The SMILES string of the molecule is CCN1CCCC(NC(=O)C2(CN)CCCC2)C1.Cl.Cl. The molecule has 1 unspecified atom stereocenters. The van der Waals surface area contributed by atoms with Gasteiger partial charge in [-0.3, -0.25) is 4.79 Å². The summed E-state index contributed by atoms with van der Waals surface area (Å²) >= 11 is 0. The molecule has 1 atom stereocenters. The third-order valence-corrected chi connectivity index (χ3v) is 4.72. The van der Waals surface area contributed by atoms with Gasteiger partial charge in [-0.1, -0.05) is 19.8 Å². The van der Waals surface area contributed by atoms with Crippen LogP contribution in [-0.4, -0.2) is 43.0 Å². The van der Waals surface area contributed by atoms with Crippen LogP contribution in [0.3, 0.4) is 0 Å². The first-order chi connectivity index (χ1) is 8.70. The molecule has 2 fully saturated rings. The highest BCUT2D eigenvalue weighted by atomic mass is 35.5. The van der Waals surface area contributed by atoms with Crippen molar-refractivity contribution in [2.24, 2.45) is 11.1 Å². The van der Waals surface area contributed by atoms with Crippen molar-refractivity contribution in [1.82, 2.24) is 10.2 Å². The molecule has 0 aromatic rings. The monoisotopic (exact) mass is 325 g/mol. The van der Waals surface area contributed by atoms with Gasteiger partial charge < -0.3 is 16.0 Å². The third-order valence-electron chi connectivity index (χ3n) is 4.72. The zero-order valence-electron chi connectivity index (χ0n) is 12.4. The van der Waals surface area contributed by atoms with Gasteiger partial charge in [-0.05, 0) is 38.8 Å². The van der Waals surface area contributed by atoms with Gasteiger partial charge in [0, 0.05) is 19.1 Å². The lowest BCUT2D eigenvalue weighted by Gasteiger charge is -2.35. The first-order valence-electron chi connectivity index (χ1n) is 7.43. The number of amides is 1. The van der Waals surface area contributed by atoms with Crippen molar-refractivity contribution in [3.63, 3.8) is 0 Å². The maximum Gasteiger partial charge on any atom is 0.227 e. The Hall–Kier alpha value is -0.0300. The molecule has 0 aromatic carbocycles. The van der Waals surface area contributed by atoms with E-state index in [2.05, 4.69) is 17.1 Å². The number of halogens is 2. The molecular formula is C14H29Cl2N3O. The molecule has 1 saturated carbocycles. The highest BCUT2D eigenvalue weighted by Crippen LogP contribution is 2.37. The van der Waals surface area contributed by atoms with E-state index in [1.807, 2.05) is 0 Å². The van der Waals surface area contributed by atoms with Crippen LogP contribution in [-0.2, 0) is 4.79 Å². The van der Waals surface area contributed by atoms with Crippen molar-refractivity contribution in [1.29, 1.82) is 0 Å². The summed E-state index contributed by atoms with van der Waals surface area (Å²) in [6, 6.07) is 0.329. The smallest absolute Gasteiger partial charge is 0.227 e. The second kappa shape index (κ2) is 9.08. The fraction of sp³-hybridized carbons (Fsp3) is 0.929. The van der Waals surface area contributed by atoms with Crippen molar-refractivity contribution in [3.8, 4) is 0 Å². The molecular weight excluding hydrogens is 297 g/mol. The molecule has 0 bridgehead atoms. The van der Waals surface area contributed by atoms with Crippen molar-refractivity contribution in [2.75, 3.05) is 26.2 Å². The molecule has 1 aliphatic carbocycles. The van der Waals surface area contributed by atoms with Crippen LogP contribution in [0.5, 0.6) is 0 Å². The zero-order valence-corrected chi connectivity index (χ0v) is 14.0. The van der Waals surface area contributed by atoms with Gasteiger partial charge in [0.2, 0.25) is 5.91 Å². The van der Waals surface area contributed by atoms with Crippen LogP contribution in [0.25, 0.3) is 0 Å². The number of carbonyl (C=O) groups is 1. The van der Waals surface area contributed by atoms with E-state index in [4.69, 9.17) is 5.73 Å². The topological polar surface area (TPSA) is 58.4 Å². The van der Waals surface area contributed by atoms with Crippen LogP contribution in [0.2, 0.25) is 0 Å². The van der Waals surface area contributed by atoms with Crippen LogP contribution in [0.1, 0.15) is 45.4 Å². The van der Waals surface area contributed by atoms with Crippen molar-refractivity contribution < 1.29 is 4.79 Å². The number of rotatable bonds is 4. The van der Waals surface area contributed by atoms with Crippen LogP contribution in [0.4, 0.5) is 0 Å². The molecule has 3 N–H and O–H groups in total. The molecule has 4 nitrogen and oxygen atoms in total. The molecule has 6 heteroatoms. The van der Waals surface area contributed by atoms with Gasteiger partial charge in [0.05, 0.1) is 5.41 Å². The van der Waals surface area contributed by atoms with E-state index in [1.165, 1.54) is 13.0 Å². The number of hydrogen-bond acceptors (Lipinski definition) is 3. The van der Waals surface area contributed by atoms with Crippen LogP contribution < -0.4 is 11.1 Å². The maximum absolute atomic E-state index is 12.5. The molecule has 0 radical (unpaired) electrons. The summed E-state index contributed by atoms with van der Waals surface area (Å²) in [6.07, 6.45) is 6.54. The number of nitrogens with one attached hydrogen (secondary N) is 1. The number of hydrogen-bond donors (Lipinski definition) is 2. The van der Waals surface area contributed by atoms with E-state index in [9.17, 15) is 4.79 Å². The van der Waals surface area contributed by atoms with Crippen molar-refractivity contribution in [3.05, 3.63) is 0 Å². The Balaban J connectivity index is 0.00000180. The largest absolute Gasteiger partial charge is 0.352 e. The fourth-order valence-corrected chi connectivity index (χ4v) is 3.37. The average molecular weight is 326 g/mol. The summed E-state index contributed by atoms with van der Waals surface area (Å²) in [7, 11) is 0. The molecule has 2 rings (SSSR count). The predicted octanol–water partition coefficient (Wildman–Crippen LogP) is 1.95. The Morgan fingerprint density at radius 2 is 1.95 bits per heavy atom. The molecule has 120 valence electrons. The van der Waals surface area contributed by atoms with E-state index in [1.54, 1.807) is 0 Å². The summed E-state index contributed by atoms with van der Waals surface area (Å²) in [5.41, 5.74) is 5.60. The Morgan fingerprint density at radius 1 is 1.30 bits per heavy atom. The van der Waals surface area contributed by atoms with Crippen molar-refractivity contribution in [2.45, 2.75) is 51.5 Å². The number of nitrogens with two attached hydrogens (primary N) is 1. The molecule has 1 heterocycles. The fourth-order valence-electron chi connectivity index (χ4n) is 3.37.